The molecule has 0 radical (unpaired) electrons. The molecule has 0 spiro atoms. The molecule has 3 rings (SSSR count). The van der Waals surface area contributed by atoms with Crippen molar-refractivity contribution < 1.29 is 4.39 Å². The highest BCUT2D eigenvalue weighted by molar-refractivity contribution is 5.31. The molecular formula is C14H18FN5. The predicted molar refractivity (Wildman–Crippen MR) is 75.3 cm³/mol. The molecule has 2 aromatic rings. The Hall–Kier alpha value is -1.95. The van der Waals surface area contributed by atoms with Gasteiger partial charge in [0.05, 0.1) is 0 Å². The lowest BCUT2D eigenvalue weighted by atomic mass is 10.1. The molecule has 1 aliphatic rings. The van der Waals surface area contributed by atoms with Crippen LogP contribution in [0.15, 0.2) is 24.3 Å². The summed E-state index contributed by atoms with van der Waals surface area (Å²) >= 11 is 0. The number of hydrogen-bond donors (Lipinski definition) is 2. The zero-order valence-electron chi connectivity index (χ0n) is 11.4. The van der Waals surface area contributed by atoms with E-state index in [1.165, 1.54) is 6.07 Å². The number of nitrogens with one attached hydrogen (secondary N) is 2. The fourth-order valence-corrected chi connectivity index (χ4v) is 2.44. The summed E-state index contributed by atoms with van der Waals surface area (Å²) in [4.78, 5) is 6.61. The Kier molecular flexibility index (Phi) is 3.64. The number of anilines is 1. The lowest BCUT2D eigenvalue weighted by Gasteiger charge is -2.30. The average Bonchev–Trinajstić information content (AvgIpc) is 2.90. The third-order valence-electron chi connectivity index (χ3n) is 3.49. The van der Waals surface area contributed by atoms with Crippen LogP contribution >= 0.6 is 0 Å². The van der Waals surface area contributed by atoms with Gasteiger partial charge in [-0.2, -0.15) is 4.98 Å². The summed E-state index contributed by atoms with van der Waals surface area (Å²) in [6, 6.07) is 7.17. The number of hydrogen-bond acceptors (Lipinski definition) is 4. The van der Waals surface area contributed by atoms with E-state index in [1.807, 2.05) is 6.07 Å². The van der Waals surface area contributed by atoms with Gasteiger partial charge in [0.2, 0.25) is 5.95 Å². The highest BCUT2D eigenvalue weighted by atomic mass is 19.1. The summed E-state index contributed by atoms with van der Waals surface area (Å²) in [5.41, 5.74) is 0.629. The quantitative estimate of drug-likeness (QED) is 0.887. The van der Waals surface area contributed by atoms with Gasteiger partial charge in [-0.25, -0.2) is 4.39 Å². The third kappa shape index (κ3) is 2.80. The fourth-order valence-electron chi connectivity index (χ4n) is 2.44. The molecule has 2 N–H and O–H groups in total. The number of nitrogens with zero attached hydrogens (tertiary/aromatic N) is 3. The minimum atomic E-state index is -0.207. The minimum Gasteiger partial charge on any atom is -0.337 e. The van der Waals surface area contributed by atoms with Crippen LogP contribution in [0.1, 0.15) is 18.3 Å². The van der Waals surface area contributed by atoms with Crippen molar-refractivity contribution >= 4 is 5.95 Å². The minimum absolute atomic E-state index is 0.207. The number of aromatic nitrogens is 3. The molecule has 5 nitrogen and oxygen atoms in total. The van der Waals surface area contributed by atoms with Gasteiger partial charge in [0.1, 0.15) is 11.6 Å². The second-order valence-electron chi connectivity index (χ2n) is 5.15. The van der Waals surface area contributed by atoms with E-state index in [9.17, 15) is 4.39 Å². The molecule has 0 saturated carbocycles. The van der Waals surface area contributed by atoms with Crippen molar-refractivity contribution in [1.29, 1.82) is 0 Å². The summed E-state index contributed by atoms with van der Waals surface area (Å²) in [5.74, 6) is 1.18. The SMILES string of the molecule is CC1CN(c2n[nH]c(Cc3ccccc3F)n2)CCN1. The zero-order chi connectivity index (χ0) is 13.9. The summed E-state index contributed by atoms with van der Waals surface area (Å²) in [6.45, 7) is 4.84. The molecule has 1 fully saturated rings. The standard InChI is InChI=1S/C14H18FN5/c1-10-9-20(7-6-16-10)14-17-13(18-19-14)8-11-4-2-3-5-12(11)15/h2-5,10,16H,6-9H2,1H3,(H,17,18,19). The first kappa shape index (κ1) is 13.1. The first-order chi connectivity index (χ1) is 9.72. The van der Waals surface area contributed by atoms with Crippen molar-refractivity contribution in [3.8, 4) is 0 Å². The first-order valence-electron chi connectivity index (χ1n) is 6.85. The number of aromatic amines is 1. The Balaban J connectivity index is 1.72. The normalized spacial score (nSPS) is 19.3. The van der Waals surface area contributed by atoms with E-state index in [0.29, 0.717) is 29.8 Å². The largest absolute Gasteiger partial charge is 0.337 e. The summed E-state index contributed by atoms with van der Waals surface area (Å²) < 4.78 is 13.6. The third-order valence-corrected chi connectivity index (χ3v) is 3.49. The topological polar surface area (TPSA) is 56.8 Å². The molecule has 1 aromatic carbocycles. The summed E-state index contributed by atoms with van der Waals surface area (Å²) in [7, 11) is 0. The van der Waals surface area contributed by atoms with Gasteiger partial charge in [0.15, 0.2) is 0 Å². The van der Waals surface area contributed by atoms with Crippen LogP contribution in [-0.2, 0) is 6.42 Å². The Morgan fingerprint density at radius 2 is 2.25 bits per heavy atom. The van der Waals surface area contributed by atoms with E-state index in [-0.39, 0.29) is 5.82 Å². The summed E-state index contributed by atoms with van der Waals surface area (Å²) in [6.07, 6.45) is 0.432. The highest BCUT2D eigenvalue weighted by Gasteiger charge is 2.19. The van der Waals surface area contributed by atoms with Crippen molar-refractivity contribution in [2.24, 2.45) is 0 Å². The molecule has 0 aliphatic carbocycles. The summed E-state index contributed by atoms with van der Waals surface area (Å²) in [5, 5.41) is 10.5. The van der Waals surface area contributed by atoms with Gasteiger partial charge >= 0.3 is 0 Å². The van der Waals surface area contributed by atoms with Gasteiger partial charge in [-0.1, -0.05) is 18.2 Å². The van der Waals surface area contributed by atoms with Crippen LogP contribution in [0, 0.1) is 5.82 Å². The van der Waals surface area contributed by atoms with Crippen molar-refractivity contribution in [3.05, 3.63) is 41.5 Å². The maximum Gasteiger partial charge on any atom is 0.244 e. The Morgan fingerprint density at radius 3 is 3.05 bits per heavy atom. The Morgan fingerprint density at radius 1 is 1.40 bits per heavy atom. The van der Waals surface area contributed by atoms with Crippen LogP contribution in [0.5, 0.6) is 0 Å². The molecule has 0 amide bonds. The van der Waals surface area contributed by atoms with E-state index in [4.69, 9.17) is 0 Å². The molecule has 20 heavy (non-hydrogen) atoms. The van der Waals surface area contributed by atoms with Gasteiger partial charge in [-0.15, -0.1) is 5.10 Å². The maximum atomic E-state index is 13.6. The fraction of sp³-hybridized carbons (Fsp3) is 0.429. The molecule has 0 bridgehead atoms. The van der Waals surface area contributed by atoms with Crippen LogP contribution in [-0.4, -0.2) is 40.9 Å². The Bertz CT molecular complexity index is 582. The molecule has 106 valence electrons. The lowest BCUT2D eigenvalue weighted by molar-refractivity contribution is 0.480. The molecule has 1 unspecified atom stereocenters. The molecular weight excluding hydrogens is 257 g/mol. The van der Waals surface area contributed by atoms with Crippen LogP contribution in [0.3, 0.4) is 0 Å². The van der Waals surface area contributed by atoms with Crippen LogP contribution < -0.4 is 10.2 Å². The van der Waals surface area contributed by atoms with E-state index in [0.717, 1.165) is 19.6 Å². The number of rotatable bonds is 3. The molecule has 1 aliphatic heterocycles. The zero-order valence-corrected chi connectivity index (χ0v) is 11.4. The van der Waals surface area contributed by atoms with E-state index < -0.39 is 0 Å². The van der Waals surface area contributed by atoms with Gasteiger partial charge in [0.25, 0.3) is 0 Å². The van der Waals surface area contributed by atoms with Gasteiger partial charge in [0, 0.05) is 32.1 Å². The molecule has 1 aromatic heterocycles. The second-order valence-corrected chi connectivity index (χ2v) is 5.15. The van der Waals surface area contributed by atoms with E-state index in [2.05, 4.69) is 32.3 Å². The predicted octanol–water partition coefficient (Wildman–Crippen LogP) is 1.33. The molecule has 1 saturated heterocycles. The average molecular weight is 275 g/mol. The highest BCUT2D eigenvalue weighted by Crippen LogP contribution is 2.14. The first-order valence-corrected chi connectivity index (χ1v) is 6.85. The number of benzene rings is 1. The molecule has 2 heterocycles. The van der Waals surface area contributed by atoms with Crippen molar-refractivity contribution in [2.45, 2.75) is 19.4 Å². The van der Waals surface area contributed by atoms with Gasteiger partial charge < -0.3 is 10.2 Å². The van der Waals surface area contributed by atoms with Crippen molar-refractivity contribution in [2.75, 3.05) is 24.5 Å². The monoisotopic (exact) mass is 275 g/mol. The van der Waals surface area contributed by atoms with Crippen molar-refractivity contribution in [1.82, 2.24) is 20.5 Å². The smallest absolute Gasteiger partial charge is 0.244 e. The number of piperazine rings is 1. The number of halogens is 1. The second kappa shape index (κ2) is 5.58. The Labute approximate surface area is 117 Å². The van der Waals surface area contributed by atoms with Crippen molar-refractivity contribution in [3.63, 3.8) is 0 Å². The van der Waals surface area contributed by atoms with Gasteiger partial charge in [-0.3, -0.25) is 5.10 Å². The van der Waals surface area contributed by atoms with Gasteiger partial charge in [-0.05, 0) is 18.6 Å². The van der Waals surface area contributed by atoms with E-state index in [1.54, 1.807) is 12.1 Å². The lowest BCUT2D eigenvalue weighted by Crippen LogP contribution is -2.49. The van der Waals surface area contributed by atoms with E-state index >= 15 is 0 Å². The molecule has 6 heteroatoms. The molecule has 1 atom stereocenters. The van der Waals surface area contributed by atoms with Crippen LogP contribution in [0.2, 0.25) is 0 Å². The number of H-pyrrole nitrogens is 1. The maximum absolute atomic E-state index is 13.6. The van der Waals surface area contributed by atoms with Crippen LogP contribution in [0.25, 0.3) is 0 Å². The van der Waals surface area contributed by atoms with Crippen LogP contribution in [0.4, 0.5) is 10.3 Å².